The summed E-state index contributed by atoms with van der Waals surface area (Å²) in [4.78, 5) is 0. The summed E-state index contributed by atoms with van der Waals surface area (Å²) in [5.41, 5.74) is 2.60. The lowest BCUT2D eigenvalue weighted by Gasteiger charge is -2.14. The number of benzene rings is 1. The van der Waals surface area contributed by atoms with Gasteiger partial charge in [-0.1, -0.05) is 58.6 Å². The van der Waals surface area contributed by atoms with Crippen LogP contribution in [0.4, 0.5) is 0 Å². The van der Waals surface area contributed by atoms with Gasteiger partial charge in [0.2, 0.25) is 0 Å². The smallest absolute Gasteiger partial charge is 0.123 e. The predicted octanol–water partition coefficient (Wildman–Crippen LogP) is 8.07. The second-order valence-corrected chi connectivity index (χ2v) is 8.30. The van der Waals surface area contributed by atoms with Crippen LogP contribution in [0.5, 0.6) is 11.5 Å². The SMILES string of the molecule is CC1=CC[C@@H](C)C(C)CC1.CCCCC.Cc1cc(O)cc(OC(C)C)c1. The number of phenolic OH excluding ortho intramolecular Hbond substituents is 1. The number of aromatic hydroxyl groups is 1. The van der Waals surface area contributed by atoms with E-state index in [1.807, 2.05) is 26.8 Å². The molecule has 1 N–H and O–H groups in total. The first-order valence-electron chi connectivity index (χ1n) is 10.8. The average Bonchev–Trinajstić information content (AvgIpc) is 2.71. The Hall–Kier alpha value is -1.44. The molecule has 2 nitrogen and oxygen atoms in total. The van der Waals surface area contributed by atoms with Crippen LogP contribution in [0.2, 0.25) is 0 Å². The van der Waals surface area contributed by atoms with E-state index in [2.05, 4.69) is 40.7 Å². The van der Waals surface area contributed by atoms with Crippen LogP contribution in [0.25, 0.3) is 0 Å². The van der Waals surface area contributed by atoms with Gasteiger partial charge in [-0.15, -0.1) is 0 Å². The van der Waals surface area contributed by atoms with Crippen LogP contribution >= 0.6 is 0 Å². The molecular formula is C25H44O2. The van der Waals surface area contributed by atoms with Gasteiger partial charge in [-0.25, -0.2) is 0 Å². The molecule has 27 heavy (non-hydrogen) atoms. The van der Waals surface area contributed by atoms with Crippen molar-refractivity contribution in [3.8, 4) is 11.5 Å². The van der Waals surface area contributed by atoms with Crippen LogP contribution in [0.1, 0.15) is 92.6 Å². The minimum Gasteiger partial charge on any atom is -0.508 e. The Labute approximate surface area is 169 Å². The molecular weight excluding hydrogens is 332 g/mol. The van der Waals surface area contributed by atoms with Crippen LogP contribution in [-0.2, 0) is 0 Å². The summed E-state index contributed by atoms with van der Waals surface area (Å²) in [6.45, 7) is 17.3. The van der Waals surface area contributed by atoms with E-state index in [-0.39, 0.29) is 11.9 Å². The highest BCUT2D eigenvalue weighted by Gasteiger charge is 2.13. The molecule has 0 fully saturated rings. The van der Waals surface area contributed by atoms with Crippen LogP contribution in [0.3, 0.4) is 0 Å². The first-order valence-corrected chi connectivity index (χ1v) is 10.8. The molecule has 0 bridgehead atoms. The van der Waals surface area contributed by atoms with E-state index in [9.17, 15) is 5.11 Å². The van der Waals surface area contributed by atoms with Gasteiger partial charge in [-0.05, 0) is 76.5 Å². The second-order valence-electron chi connectivity index (χ2n) is 8.30. The Morgan fingerprint density at radius 3 is 2.15 bits per heavy atom. The number of rotatable bonds is 4. The van der Waals surface area contributed by atoms with Gasteiger partial charge in [0, 0.05) is 6.07 Å². The minimum absolute atomic E-state index is 0.145. The largest absolute Gasteiger partial charge is 0.508 e. The van der Waals surface area contributed by atoms with Crippen molar-refractivity contribution in [2.45, 2.75) is 100 Å². The minimum atomic E-state index is 0.145. The second kappa shape index (κ2) is 14.6. The molecule has 2 heteroatoms. The summed E-state index contributed by atoms with van der Waals surface area (Å²) >= 11 is 0. The molecule has 1 aromatic rings. The van der Waals surface area contributed by atoms with Crippen LogP contribution in [0.15, 0.2) is 29.8 Å². The number of aryl methyl sites for hydroxylation is 1. The van der Waals surface area contributed by atoms with Crippen molar-refractivity contribution >= 4 is 0 Å². The normalized spacial score (nSPS) is 19.1. The molecule has 1 unspecified atom stereocenters. The van der Waals surface area contributed by atoms with Crippen molar-refractivity contribution in [1.29, 1.82) is 0 Å². The van der Waals surface area contributed by atoms with E-state index in [0.717, 1.165) is 23.1 Å². The molecule has 0 heterocycles. The molecule has 0 saturated heterocycles. The molecule has 2 rings (SSSR count). The maximum atomic E-state index is 9.23. The molecule has 2 atom stereocenters. The fraction of sp³-hybridized carbons (Fsp3) is 0.680. The molecule has 0 saturated carbocycles. The van der Waals surface area contributed by atoms with E-state index in [1.165, 1.54) is 38.5 Å². The zero-order valence-corrected chi connectivity index (χ0v) is 19.1. The number of phenols is 1. The number of allylic oxidation sites excluding steroid dienone is 2. The summed E-state index contributed by atoms with van der Waals surface area (Å²) in [6, 6.07) is 5.22. The third-order valence-electron chi connectivity index (χ3n) is 4.92. The lowest BCUT2D eigenvalue weighted by molar-refractivity contribution is 0.241. The number of ether oxygens (including phenoxy) is 1. The third-order valence-corrected chi connectivity index (χ3v) is 4.92. The van der Waals surface area contributed by atoms with Crippen molar-refractivity contribution in [2.24, 2.45) is 11.8 Å². The van der Waals surface area contributed by atoms with Gasteiger partial charge < -0.3 is 9.84 Å². The summed E-state index contributed by atoms with van der Waals surface area (Å²) in [5.74, 6) is 2.80. The van der Waals surface area contributed by atoms with Gasteiger partial charge in [0.15, 0.2) is 0 Å². The zero-order chi connectivity index (χ0) is 20.8. The molecule has 0 radical (unpaired) electrons. The van der Waals surface area contributed by atoms with E-state index >= 15 is 0 Å². The van der Waals surface area contributed by atoms with Crippen molar-refractivity contribution in [2.75, 3.05) is 0 Å². The quantitative estimate of drug-likeness (QED) is 0.538. The van der Waals surface area contributed by atoms with Gasteiger partial charge in [-0.2, -0.15) is 0 Å². The molecule has 0 amide bonds. The summed E-state index contributed by atoms with van der Waals surface area (Å²) < 4.78 is 5.42. The number of hydrogen-bond acceptors (Lipinski definition) is 2. The Balaban J connectivity index is 0.000000408. The highest BCUT2D eigenvalue weighted by Crippen LogP contribution is 2.26. The van der Waals surface area contributed by atoms with Gasteiger partial charge in [0.05, 0.1) is 6.10 Å². The molecule has 0 aromatic heterocycles. The molecule has 1 aliphatic rings. The zero-order valence-electron chi connectivity index (χ0n) is 19.1. The average molecular weight is 377 g/mol. The Bertz CT molecular complexity index is 509. The first-order chi connectivity index (χ1) is 12.7. The van der Waals surface area contributed by atoms with Crippen molar-refractivity contribution in [3.63, 3.8) is 0 Å². The fourth-order valence-electron chi connectivity index (χ4n) is 2.88. The van der Waals surface area contributed by atoms with Crippen LogP contribution in [0, 0.1) is 18.8 Å². The van der Waals surface area contributed by atoms with Crippen LogP contribution < -0.4 is 4.74 Å². The van der Waals surface area contributed by atoms with E-state index in [0.29, 0.717) is 0 Å². The summed E-state index contributed by atoms with van der Waals surface area (Å²) in [7, 11) is 0. The highest BCUT2D eigenvalue weighted by molar-refractivity contribution is 5.36. The Morgan fingerprint density at radius 1 is 1.04 bits per heavy atom. The summed E-state index contributed by atoms with van der Waals surface area (Å²) in [5, 5.41) is 9.23. The van der Waals surface area contributed by atoms with E-state index in [4.69, 9.17) is 4.74 Å². The lowest BCUT2D eigenvalue weighted by atomic mass is 9.91. The topological polar surface area (TPSA) is 29.5 Å². The van der Waals surface area contributed by atoms with Crippen molar-refractivity contribution in [3.05, 3.63) is 35.4 Å². The number of unbranched alkanes of at least 4 members (excludes halogenated alkanes) is 2. The first kappa shape index (κ1) is 25.6. The highest BCUT2D eigenvalue weighted by atomic mass is 16.5. The van der Waals surface area contributed by atoms with Gasteiger partial charge >= 0.3 is 0 Å². The maximum Gasteiger partial charge on any atom is 0.123 e. The van der Waals surface area contributed by atoms with Gasteiger partial charge in [0.1, 0.15) is 11.5 Å². The maximum absolute atomic E-state index is 9.23. The fourth-order valence-corrected chi connectivity index (χ4v) is 2.88. The van der Waals surface area contributed by atoms with Gasteiger partial charge in [0.25, 0.3) is 0 Å². The van der Waals surface area contributed by atoms with Crippen LogP contribution in [-0.4, -0.2) is 11.2 Å². The lowest BCUT2D eigenvalue weighted by Crippen LogP contribution is -2.05. The molecule has 1 aliphatic carbocycles. The molecule has 156 valence electrons. The van der Waals surface area contributed by atoms with E-state index < -0.39 is 0 Å². The van der Waals surface area contributed by atoms with E-state index in [1.54, 1.807) is 17.7 Å². The van der Waals surface area contributed by atoms with Crippen molar-refractivity contribution < 1.29 is 9.84 Å². The monoisotopic (exact) mass is 376 g/mol. The molecule has 0 spiro atoms. The molecule has 0 aliphatic heterocycles. The predicted molar refractivity (Wildman–Crippen MR) is 120 cm³/mol. The Morgan fingerprint density at radius 2 is 1.67 bits per heavy atom. The third kappa shape index (κ3) is 13.4. The van der Waals surface area contributed by atoms with Crippen molar-refractivity contribution in [1.82, 2.24) is 0 Å². The molecule has 1 aromatic carbocycles. The summed E-state index contributed by atoms with van der Waals surface area (Å²) in [6.07, 6.45) is 10.6. The number of hydrogen-bond donors (Lipinski definition) is 1. The standard InChI is InChI=1S/C10H14O2.C10H18.C5H12/c1-7(2)12-10-5-8(3)4-9(11)6-10;1-8-4-6-9(2)10(3)7-5-8;1-3-5-4-2/h4-7,11H,1-3H3;4,9-10H,5-7H2,1-3H3;3-5H2,1-2H3/t;9-,10?;/m.1./s1. The van der Waals surface area contributed by atoms with Gasteiger partial charge in [-0.3, -0.25) is 0 Å². The Kier molecular flexibility index (Phi) is 13.8.